The molecule has 4 fully saturated rings. The first kappa shape index (κ1) is 25.4. The zero-order valence-electron chi connectivity index (χ0n) is 21.1. The number of ether oxygens (including phenoxy) is 6. The highest BCUT2D eigenvalue weighted by atomic mass is 16.7. The standard InChI is InChI=1S/C28H32N2O8/c31-27-23(35-25(19-7-3-1-4-8-19)29-11-15-33-16-12-29)21-22(38-27)24(28(32)37-21)36-26(20-9-5-2-6-10-20)30-13-17-34-18-14-30/h1-10,21-26H,11-18H2/t21-,22-,23-,24-,25?,26?/m1/s1. The SMILES string of the molecule is O=C1O[C@@H]2[C@@H](OC(=O)[C@@H]2OC(c2ccccc2)N2CCOCC2)[C@H]1OC(c1ccccc1)N1CCOCC1. The minimum absolute atomic E-state index is 0.513. The average Bonchev–Trinajstić information content (AvgIpc) is 3.44. The van der Waals surface area contributed by atoms with Gasteiger partial charge in [0.2, 0.25) is 0 Å². The van der Waals surface area contributed by atoms with E-state index in [2.05, 4.69) is 9.80 Å². The third-order valence-electron chi connectivity index (χ3n) is 7.36. The van der Waals surface area contributed by atoms with Crippen molar-refractivity contribution in [2.45, 2.75) is 36.9 Å². The van der Waals surface area contributed by atoms with E-state index < -0.39 is 48.8 Å². The summed E-state index contributed by atoms with van der Waals surface area (Å²) in [6.45, 7) is 4.89. The van der Waals surface area contributed by atoms with Crippen LogP contribution in [0.15, 0.2) is 60.7 Å². The fraction of sp³-hybridized carbons (Fsp3) is 0.500. The molecule has 0 aliphatic carbocycles. The van der Waals surface area contributed by atoms with Crippen molar-refractivity contribution < 1.29 is 38.0 Å². The van der Waals surface area contributed by atoms with Crippen molar-refractivity contribution in [2.24, 2.45) is 0 Å². The van der Waals surface area contributed by atoms with Crippen LogP contribution in [0.2, 0.25) is 0 Å². The van der Waals surface area contributed by atoms with E-state index in [-0.39, 0.29) is 0 Å². The Balaban J connectivity index is 1.22. The first-order valence-corrected chi connectivity index (χ1v) is 13.1. The summed E-state index contributed by atoms with van der Waals surface area (Å²) in [6, 6.07) is 19.4. The lowest BCUT2D eigenvalue weighted by molar-refractivity contribution is -0.185. The molecule has 10 heteroatoms. The van der Waals surface area contributed by atoms with Gasteiger partial charge in [-0.1, -0.05) is 60.7 Å². The maximum Gasteiger partial charge on any atom is 0.339 e. The fourth-order valence-electron chi connectivity index (χ4n) is 5.43. The minimum atomic E-state index is -1.07. The molecular formula is C28H32N2O8. The van der Waals surface area contributed by atoms with Crippen molar-refractivity contribution in [3.63, 3.8) is 0 Å². The van der Waals surface area contributed by atoms with Gasteiger partial charge in [-0.2, -0.15) is 0 Å². The summed E-state index contributed by atoms with van der Waals surface area (Å²) in [5, 5.41) is 0. The van der Waals surface area contributed by atoms with Crippen LogP contribution in [0, 0.1) is 0 Å². The van der Waals surface area contributed by atoms with Crippen LogP contribution in [0.4, 0.5) is 0 Å². The number of benzene rings is 2. The number of morpholine rings is 2. The summed E-state index contributed by atoms with van der Waals surface area (Å²) in [7, 11) is 0. The van der Waals surface area contributed by atoms with Crippen LogP contribution < -0.4 is 0 Å². The van der Waals surface area contributed by atoms with Gasteiger partial charge in [0.25, 0.3) is 0 Å². The zero-order chi connectivity index (χ0) is 25.9. The maximum atomic E-state index is 13.1. The van der Waals surface area contributed by atoms with E-state index in [1.54, 1.807) is 0 Å². The Labute approximate surface area is 221 Å². The second-order valence-electron chi connectivity index (χ2n) is 9.74. The molecule has 6 atom stereocenters. The molecule has 2 unspecified atom stereocenters. The first-order chi connectivity index (χ1) is 18.7. The predicted octanol–water partition coefficient (Wildman–Crippen LogP) is 1.67. The molecule has 10 nitrogen and oxygen atoms in total. The van der Waals surface area contributed by atoms with Crippen LogP contribution in [-0.2, 0) is 38.0 Å². The van der Waals surface area contributed by atoms with Crippen molar-refractivity contribution in [3.05, 3.63) is 71.8 Å². The highest BCUT2D eigenvalue weighted by molar-refractivity contribution is 5.85. The van der Waals surface area contributed by atoms with Crippen molar-refractivity contribution in [1.82, 2.24) is 9.80 Å². The van der Waals surface area contributed by atoms with Gasteiger partial charge in [0, 0.05) is 26.2 Å². The molecule has 0 radical (unpaired) electrons. The number of hydrogen-bond donors (Lipinski definition) is 0. The minimum Gasteiger partial charge on any atom is -0.453 e. The molecule has 4 aliphatic heterocycles. The molecule has 0 bridgehead atoms. The van der Waals surface area contributed by atoms with Gasteiger partial charge >= 0.3 is 11.9 Å². The van der Waals surface area contributed by atoms with E-state index in [4.69, 9.17) is 28.4 Å². The summed E-state index contributed by atoms with van der Waals surface area (Å²) >= 11 is 0. The monoisotopic (exact) mass is 524 g/mol. The highest BCUT2D eigenvalue weighted by Gasteiger charge is 2.61. The van der Waals surface area contributed by atoms with E-state index in [9.17, 15) is 9.59 Å². The van der Waals surface area contributed by atoms with Gasteiger partial charge in [0.1, 0.15) is 12.5 Å². The number of fused-ring (bicyclic) bond motifs is 1. The first-order valence-electron chi connectivity index (χ1n) is 13.1. The second kappa shape index (κ2) is 11.5. The van der Waals surface area contributed by atoms with Crippen LogP contribution in [-0.4, -0.2) is 98.8 Å². The fourth-order valence-corrected chi connectivity index (χ4v) is 5.43. The Kier molecular flexibility index (Phi) is 7.68. The molecule has 6 rings (SSSR count). The molecule has 4 aliphatic rings. The Hall–Kier alpha value is -2.86. The Morgan fingerprint density at radius 3 is 1.34 bits per heavy atom. The van der Waals surface area contributed by atoms with Crippen LogP contribution in [0.25, 0.3) is 0 Å². The van der Waals surface area contributed by atoms with Gasteiger partial charge in [0.15, 0.2) is 24.4 Å². The van der Waals surface area contributed by atoms with Gasteiger partial charge in [-0.25, -0.2) is 9.59 Å². The molecule has 202 valence electrons. The number of carbonyl (C=O) groups is 2. The number of hydrogen-bond acceptors (Lipinski definition) is 10. The van der Waals surface area contributed by atoms with Gasteiger partial charge < -0.3 is 28.4 Å². The smallest absolute Gasteiger partial charge is 0.339 e. The van der Waals surface area contributed by atoms with E-state index in [1.165, 1.54) is 0 Å². The van der Waals surface area contributed by atoms with Crippen LogP contribution in [0.3, 0.4) is 0 Å². The summed E-state index contributed by atoms with van der Waals surface area (Å²) in [4.78, 5) is 30.4. The average molecular weight is 525 g/mol. The van der Waals surface area contributed by atoms with Crippen LogP contribution in [0.5, 0.6) is 0 Å². The highest BCUT2D eigenvalue weighted by Crippen LogP contribution is 2.38. The van der Waals surface area contributed by atoms with Crippen molar-refractivity contribution in [1.29, 1.82) is 0 Å². The van der Waals surface area contributed by atoms with Crippen molar-refractivity contribution >= 4 is 11.9 Å². The maximum absolute atomic E-state index is 13.1. The molecule has 0 N–H and O–H groups in total. The predicted molar refractivity (Wildman–Crippen MR) is 133 cm³/mol. The summed E-state index contributed by atoms with van der Waals surface area (Å²) in [6.07, 6.45) is -4.95. The summed E-state index contributed by atoms with van der Waals surface area (Å²) in [5.74, 6) is -1.11. The molecule has 4 heterocycles. The third kappa shape index (κ3) is 5.20. The lowest BCUT2D eigenvalue weighted by Crippen LogP contribution is -2.44. The van der Waals surface area contributed by atoms with E-state index in [0.717, 1.165) is 11.1 Å². The van der Waals surface area contributed by atoms with E-state index >= 15 is 0 Å². The van der Waals surface area contributed by atoms with Crippen molar-refractivity contribution in [2.75, 3.05) is 52.6 Å². The quantitative estimate of drug-likeness (QED) is 0.475. The number of esters is 2. The van der Waals surface area contributed by atoms with E-state index in [1.807, 2.05) is 60.7 Å². The summed E-state index contributed by atoms with van der Waals surface area (Å²) < 4.78 is 35.2. The van der Waals surface area contributed by atoms with Gasteiger partial charge in [-0.05, 0) is 11.1 Å². The van der Waals surface area contributed by atoms with Gasteiger partial charge in [0.05, 0.1) is 26.4 Å². The molecule has 0 aromatic heterocycles. The lowest BCUT2D eigenvalue weighted by atomic mass is 10.1. The van der Waals surface area contributed by atoms with Crippen LogP contribution >= 0.6 is 0 Å². The third-order valence-corrected chi connectivity index (χ3v) is 7.36. The van der Waals surface area contributed by atoms with Gasteiger partial charge in [-0.3, -0.25) is 9.80 Å². The Morgan fingerprint density at radius 2 is 0.974 bits per heavy atom. The second-order valence-corrected chi connectivity index (χ2v) is 9.74. The molecular weight excluding hydrogens is 492 g/mol. The number of rotatable bonds is 8. The molecule has 2 aromatic carbocycles. The number of nitrogens with zero attached hydrogens (tertiary/aromatic N) is 2. The molecule has 38 heavy (non-hydrogen) atoms. The normalized spacial score (nSPS) is 29.9. The van der Waals surface area contributed by atoms with Crippen LogP contribution in [0.1, 0.15) is 23.6 Å². The zero-order valence-corrected chi connectivity index (χ0v) is 21.1. The Bertz CT molecular complexity index is 1000. The van der Waals surface area contributed by atoms with E-state index in [0.29, 0.717) is 52.6 Å². The molecule has 4 saturated heterocycles. The molecule has 0 spiro atoms. The topological polar surface area (TPSA) is 96.0 Å². The van der Waals surface area contributed by atoms with Crippen molar-refractivity contribution in [3.8, 4) is 0 Å². The summed E-state index contributed by atoms with van der Waals surface area (Å²) in [5.41, 5.74) is 1.80. The molecule has 2 aromatic rings. The van der Waals surface area contributed by atoms with Gasteiger partial charge in [-0.15, -0.1) is 0 Å². The largest absolute Gasteiger partial charge is 0.453 e. The Morgan fingerprint density at radius 1 is 0.605 bits per heavy atom. The molecule has 0 amide bonds. The molecule has 0 saturated carbocycles. The number of carbonyl (C=O) groups excluding carboxylic acids is 2. The lowest BCUT2D eigenvalue weighted by Gasteiger charge is -2.35.